The monoisotopic (exact) mass is 571 g/mol. The SMILES string of the molecule is O=C(O)c1ccc(CN2C(=O)SC(=Cc3ccc4c(cnn4Cc4ccc(Cl)cc4C(F)(F)F)c3)C2=O)cc1. The van der Waals surface area contributed by atoms with Crippen molar-refractivity contribution in [1.82, 2.24) is 14.7 Å². The summed E-state index contributed by atoms with van der Waals surface area (Å²) in [4.78, 5) is 37.7. The molecule has 1 aromatic heterocycles. The number of imide groups is 1. The van der Waals surface area contributed by atoms with E-state index in [1.165, 1.54) is 35.1 Å². The van der Waals surface area contributed by atoms with Crippen molar-refractivity contribution in [3.63, 3.8) is 0 Å². The Labute approximate surface area is 228 Å². The minimum absolute atomic E-state index is 0.00166. The molecule has 1 N–H and O–H groups in total. The van der Waals surface area contributed by atoms with Crippen LogP contribution in [0.1, 0.15) is 32.6 Å². The number of carbonyl (C=O) groups is 3. The molecule has 0 bridgehead atoms. The van der Waals surface area contributed by atoms with Crippen LogP contribution in [0.2, 0.25) is 5.02 Å². The van der Waals surface area contributed by atoms with Crippen LogP contribution < -0.4 is 0 Å². The number of halogens is 4. The standard InChI is InChI=1S/C27H17ClF3N3O4S/c28-20-7-6-18(21(11-20)27(29,30)31)14-34-22-8-3-16(9-19(22)12-32-34)10-23-24(35)33(26(38)39-23)13-15-1-4-17(5-2-15)25(36)37/h1-12H,13-14H2,(H,36,37). The van der Waals surface area contributed by atoms with Crippen molar-refractivity contribution in [1.29, 1.82) is 0 Å². The summed E-state index contributed by atoms with van der Waals surface area (Å²) < 4.78 is 41.9. The van der Waals surface area contributed by atoms with Crippen molar-refractivity contribution >= 4 is 57.5 Å². The maximum absolute atomic E-state index is 13.5. The average Bonchev–Trinajstić information content (AvgIpc) is 3.40. The molecule has 1 aliphatic heterocycles. The van der Waals surface area contributed by atoms with Crippen LogP contribution in [-0.2, 0) is 24.1 Å². The van der Waals surface area contributed by atoms with Crippen LogP contribution in [0.3, 0.4) is 0 Å². The molecule has 1 fully saturated rings. The lowest BCUT2D eigenvalue weighted by atomic mass is 10.1. The first kappa shape index (κ1) is 26.5. The number of amides is 2. The molecule has 198 valence electrons. The molecule has 0 saturated carbocycles. The van der Waals surface area contributed by atoms with Crippen molar-refractivity contribution in [3.05, 3.63) is 105 Å². The van der Waals surface area contributed by atoms with Gasteiger partial charge in [0.05, 0.1) is 40.8 Å². The molecule has 4 aromatic rings. The highest BCUT2D eigenvalue weighted by Gasteiger charge is 2.35. The maximum atomic E-state index is 13.5. The van der Waals surface area contributed by atoms with Gasteiger partial charge in [0.25, 0.3) is 11.1 Å². The first-order valence-corrected chi connectivity index (χ1v) is 12.6. The van der Waals surface area contributed by atoms with E-state index in [9.17, 15) is 27.6 Å². The van der Waals surface area contributed by atoms with Gasteiger partial charge < -0.3 is 5.11 Å². The van der Waals surface area contributed by atoms with Gasteiger partial charge in [0.15, 0.2) is 0 Å². The fourth-order valence-electron chi connectivity index (χ4n) is 4.16. The molecule has 0 atom stereocenters. The molecule has 12 heteroatoms. The lowest BCUT2D eigenvalue weighted by Gasteiger charge is -2.14. The third kappa shape index (κ3) is 5.55. The summed E-state index contributed by atoms with van der Waals surface area (Å²) in [6, 6.07) is 14.6. The third-order valence-electron chi connectivity index (χ3n) is 6.08. The van der Waals surface area contributed by atoms with E-state index in [0.717, 1.165) is 22.7 Å². The quantitative estimate of drug-likeness (QED) is 0.259. The Morgan fingerprint density at radius 1 is 1.03 bits per heavy atom. The summed E-state index contributed by atoms with van der Waals surface area (Å²) >= 11 is 6.56. The third-order valence-corrected chi connectivity index (χ3v) is 7.22. The molecular weight excluding hydrogens is 555 g/mol. The van der Waals surface area contributed by atoms with Crippen LogP contribution in [0, 0.1) is 0 Å². The van der Waals surface area contributed by atoms with Gasteiger partial charge in [-0.2, -0.15) is 18.3 Å². The average molecular weight is 572 g/mol. The highest BCUT2D eigenvalue weighted by Crippen LogP contribution is 2.35. The second-order valence-electron chi connectivity index (χ2n) is 8.69. The lowest BCUT2D eigenvalue weighted by molar-refractivity contribution is -0.138. The number of alkyl halides is 3. The molecule has 39 heavy (non-hydrogen) atoms. The summed E-state index contributed by atoms with van der Waals surface area (Å²) in [5.41, 5.74) is 1.09. The van der Waals surface area contributed by atoms with Gasteiger partial charge in [-0.25, -0.2) is 4.79 Å². The normalized spacial score (nSPS) is 15.1. The second kappa shape index (κ2) is 10.2. The highest BCUT2D eigenvalue weighted by atomic mass is 35.5. The van der Waals surface area contributed by atoms with E-state index >= 15 is 0 Å². The van der Waals surface area contributed by atoms with Gasteiger partial charge in [0.1, 0.15) is 0 Å². The molecule has 3 aromatic carbocycles. The maximum Gasteiger partial charge on any atom is 0.416 e. The molecule has 0 spiro atoms. The van der Waals surface area contributed by atoms with Crippen LogP contribution in [0.5, 0.6) is 0 Å². The van der Waals surface area contributed by atoms with Gasteiger partial charge in [-0.3, -0.25) is 19.2 Å². The molecule has 1 saturated heterocycles. The Hall–Kier alpha value is -4.09. The number of carbonyl (C=O) groups excluding carboxylic acids is 2. The molecule has 0 radical (unpaired) electrons. The Morgan fingerprint density at radius 3 is 2.46 bits per heavy atom. The number of aromatic nitrogens is 2. The summed E-state index contributed by atoms with van der Waals surface area (Å²) in [6.45, 7) is -0.125. The van der Waals surface area contributed by atoms with Crippen molar-refractivity contribution in [2.24, 2.45) is 0 Å². The fraction of sp³-hybridized carbons (Fsp3) is 0.111. The molecular formula is C27H17ClF3N3O4S. The van der Waals surface area contributed by atoms with Crippen LogP contribution in [-0.4, -0.2) is 36.9 Å². The Balaban J connectivity index is 1.35. The summed E-state index contributed by atoms with van der Waals surface area (Å²) in [5.74, 6) is -1.56. The van der Waals surface area contributed by atoms with Gasteiger partial charge in [-0.1, -0.05) is 35.9 Å². The van der Waals surface area contributed by atoms with Crippen LogP contribution in [0.4, 0.5) is 18.0 Å². The molecule has 7 nitrogen and oxygen atoms in total. The van der Waals surface area contributed by atoms with Gasteiger partial charge in [0, 0.05) is 10.4 Å². The zero-order chi connectivity index (χ0) is 27.9. The number of nitrogens with zero attached hydrogens (tertiary/aromatic N) is 3. The topological polar surface area (TPSA) is 92.5 Å². The van der Waals surface area contributed by atoms with E-state index in [1.54, 1.807) is 36.4 Å². The van der Waals surface area contributed by atoms with E-state index in [2.05, 4.69) is 5.10 Å². The smallest absolute Gasteiger partial charge is 0.416 e. The zero-order valence-corrected chi connectivity index (χ0v) is 21.3. The molecule has 5 rings (SSSR count). The molecule has 0 aliphatic carbocycles. The second-order valence-corrected chi connectivity index (χ2v) is 10.1. The van der Waals surface area contributed by atoms with E-state index in [-0.39, 0.29) is 34.1 Å². The van der Waals surface area contributed by atoms with E-state index in [1.807, 2.05) is 0 Å². The number of fused-ring (bicyclic) bond motifs is 1. The van der Waals surface area contributed by atoms with Crippen LogP contribution in [0.25, 0.3) is 17.0 Å². The van der Waals surface area contributed by atoms with Gasteiger partial charge in [0.2, 0.25) is 0 Å². The predicted molar refractivity (Wildman–Crippen MR) is 140 cm³/mol. The van der Waals surface area contributed by atoms with E-state index in [0.29, 0.717) is 22.0 Å². The lowest BCUT2D eigenvalue weighted by Crippen LogP contribution is -2.27. The number of carboxylic acid groups (broad SMARTS) is 1. The zero-order valence-electron chi connectivity index (χ0n) is 19.8. The van der Waals surface area contributed by atoms with Crippen LogP contribution in [0.15, 0.2) is 71.8 Å². The van der Waals surface area contributed by atoms with Crippen molar-refractivity contribution in [2.45, 2.75) is 19.3 Å². The summed E-state index contributed by atoms with van der Waals surface area (Å²) in [7, 11) is 0. The number of aromatic carboxylic acids is 1. The first-order valence-electron chi connectivity index (χ1n) is 11.4. The largest absolute Gasteiger partial charge is 0.478 e. The predicted octanol–water partition coefficient (Wildman–Crippen LogP) is 6.69. The molecule has 0 unspecified atom stereocenters. The van der Waals surface area contributed by atoms with Crippen molar-refractivity contribution in [2.75, 3.05) is 0 Å². The Morgan fingerprint density at radius 2 is 1.77 bits per heavy atom. The minimum atomic E-state index is -4.57. The number of benzene rings is 3. The van der Waals surface area contributed by atoms with E-state index in [4.69, 9.17) is 16.7 Å². The molecule has 2 heterocycles. The van der Waals surface area contributed by atoms with Gasteiger partial charge >= 0.3 is 12.1 Å². The Kier molecular flexibility index (Phi) is 6.96. The van der Waals surface area contributed by atoms with Crippen LogP contribution >= 0.6 is 23.4 Å². The van der Waals surface area contributed by atoms with E-state index < -0.39 is 28.9 Å². The number of hydrogen-bond acceptors (Lipinski definition) is 5. The van der Waals surface area contributed by atoms with Gasteiger partial charge in [-0.05, 0) is 70.9 Å². The number of thioether (sulfide) groups is 1. The number of carboxylic acids is 1. The highest BCUT2D eigenvalue weighted by molar-refractivity contribution is 8.18. The molecule has 1 aliphatic rings. The fourth-order valence-corrected chi connectivity index (χ4v) is 5.17. The number of rotatable bonds is 6. The van der Waals surface area contributed by atoms with Crippen molar-refractivity contribution in [3.8, 4) is 0 Å². The minimum Gasteiger partial charge on any atom is -0.478 e. The number of hydrogen-bond donors (Lipinski definition) is 1. The Bertz CT molecular complexity index is 1670. The van der Waals surface area contributed by atoms with Crippen molar-refractivity contribution < 1.29 is 32.7 Å². The molecule has 2 amide bonds. The van der Waals surface area contributed by atoms with Gasteiger partial charge in [-0.15, -0.1) is 0 Å². The summed E-state index contributed by atoms with van der Waals surface area (Å²) in [5, 5.41) is 13.4. The summed E-state index contributed by atoms with van der Waals surface area (Å²) in [6.07, 6.45) is -1.49. The first-order chi connectivity index (χ1) is 18.5.